The number of ketones is 1. The van der Waals surface area contributed by atoms with E-state index in [2.05, 4.69) is 10.3 Å². The van der Waals surface area contributed by atoms with Gasteiger partial charge < -0.3 is 4.74 Å². The number of hydrogen-bond acceptors (Lipinski definition) is 8. The van der Waals surface area contributed by atoms with Crippen molar-refractivity contribution in [3.63, 3.8) is 0 Å². The number of pyridine rings is 1. The van der Waals surface area contributed by atoms with Gasteiger partial charge in [0.2, 0.25) is 10.0 Å². The van der Waals surface area contributed by atoms with E-state index in [1.807, 2.05) is 0 Å². The number of nitrogens with two attached hydrogens (primary N) is 1. The zero-order chi connectivity index (χ0) is 25.7. The molecule has 2 N–H and O–H groups in total. The van der Waals surface area contributed by atoms with Crippen LogP contribution in [0.1, 0.15) is 28.2 Å². The van der Waals surface area contributed by atoms with Crippen LogP contribution >= 0.6 is 22.9 Å². The van der Waals surface area contributed by atoms with Crippen LogP contribution in [0.3, 0.4) is 0 Å². The molecule has 3 aromatic heterocycles. The molecular weight excluding hydrogens is 526 g/mol. The van der Waals surface area contributed by atoms with Crippen molar-refractivity contribution in [1.29, 1.82) is 0 Å². The van der Waals surface area contributed by atoms with Crippen molar-refractivity contribution in [1.82, 2.24) is 19.6 Å². The first-order chi connectivity index (χ1) is 17.2. The number of nitrogens with zero attached hydrogens (tertiary/aromatic N) is 4. The predicted molar refractivity (Wildman–Crippen MR) is 137 cm³/mol. The first kappa shape index (κ1) is 25.8. The summed E-state index contributed by atoms with van der Waals surface area (Å²) in [4.78, 5) is 25.2. The molecule has 0 aliphatic carbocycles. The maximum absolute atomic E-state index is 12.4. The number of benzene rings is 1. The van der Waals surface area contributed by atoms with Crippen molar-refractivity contribution in [2.75, 3.05) is 12.4 Å². The van der Waals surface area contributed by atoms with E-state index in [1.165, 1.54) is 26.7 Å². The lowest BCUT2D eigenvalue weighted by atomic mass is 10.1. The molecule has 10 nitrogen and oxygen atoms in total. The fourth-order valence-corrected chi connectivity index (χ4v) is 4.93. The molecule has 36 heavy (non-hydrogen) atoms. The van der Waals surface area contributed by atoms with E-state index in [4.69, 9.17) is 21.5 Å². The van der Waals surface area contributed by atoms with Crippen LogP contribution in [0.4, 0.5) is 0 Å². The fraction of sp³-hybridized carbons (Fsp3) is 0.217. The number of sulfonamides is 1. The minimum Gasteiger partial charge on any atom is -0.491 e. The van der Waals surface area contributed by atoms with Crippen molar-refractivity contribution >= 4 is 38.7 Å². The van der Waals surface area contributed by atoms with Gasteiger partial charge >= 0.3 is 0 Å². The Morgan fingerprint density at radius 1 is 1.17 bits per heavy atom. The molecule has 0 saturated heterocycles. The molecule has 0 atom stereocenters. The number of thiophene rings is 1. The van der Waals surface area contributed by atoms with E-state index in [9.17, 15) is 18.0 Å². The van der Waals surface area contributed by atoms with Crippen LogP contribution in [0.5, 0.6) is 5.75 Å². The molecule has 0 saturated carbocycles. The molecule has 13 heteroatoms. The Morgan fingerprint density at radius 3 is 2.72 bits per heavy atom. The molecule has 4 aromatic rings. The second kappa shape index (κ2) is 11.2. The van der Waals surface area contributed by atoms with Crippen LogP contribution in [-0.4, -0.2) is 46.1 Å². The number of rotatable bonds is 11. The summed E-state index contributed by atoms with van der Waals surface area (Å²) < 4.78 is 31.9. The van der Waals surface area contributed by atoms with E-state index in [0.29, 0.717) is 38.5 Å². The van der Waals surface area contributed by atoms with Gasteiger partial charge in [-0.3, -0.25) is 14.2 Å². The van der Waals surface area contributed by atoms with Crippen LogP contribution in [0.25, 0.3) is 11.4 Å². The van der Waals surface area contributed by atoms with Crippen LogP contribution in [-0.2, 0) is 16.4 Å². The van der Waals surface area contributed by atoms with E-state index >= 15 is 0 Å². The number of carbonyl (C=O) groups excluding carboxylic acids is 1. The Kier molecular flexibility index (Phi) is 7.99. The lowest BCUT2D eigenvalue weighted by molar-refractivity contribution is 0.0986. The van der Waals surface area contributed by atoms with Gasteiger partial charge in [0, 0.05) is 31.2 Å². The topological polar surface area (TPSA) is 139 Å². The minimum atomic E-state index is -3.61. The van der Waals surface area contributed by atoms with Crippen LogP contribution in [0.15, 0.2) is 65.7 Å². The highest BCUT2D eigenvalue weighted by molar-refractivity contribution is 7.89. The summed E-state index contributed by atoms with van der Waals surface area (Å²) >= 11 is 7.14. The third kappa shape index (κ3) is 6.66. The number of carbonyl (C=O) groups is 1. The van der Waals surface area contributed by atoms with Crippen LogP contribution < -0.4 is 15.4 Å². The van der Waals surface area contributed by atoms with Gasteiger partial charge in [-0.2, -0.15) is 0 Å². The maximum atomic E-state index is 12.4. The smallest absolute Gasteiger partial charge is 0.255 e. The number of hydrogen-bond donors (Lipinski definition) is 1. The molecular formula is C23H22ClN5O5S2. The van der Waals surface area contributed by atoms with Gasteiger partial charge in [0.05, 0.1) is 39.2 Å². The third-order valence-electron chi connectivity index (χ3n) is 5.12. The first-order valence-electron chi connectivity index (χ1n) is 10.8. The van der Waals surface area contributed by atoms with Crippen molar-refractivity contribution in [2.45, 2.75) is 19.3 Å². The molecule has 188 valence electrons. The van der Waals surface area contributed by atoms with Gasteiger partial charge in [-0.05, 0) is 36.8 Å². The van der Waals surface area contributed by atoms with E-state index < -0.39 is 10.0 Å². The number of halogens is 1. The van der Waals surface area contributed by atoms with E-state index in [1.54, 1.807) is 54.9 Å². The molecule has 0 aliphatic heterocycles. The van der Waals surface area contributed by atoms with Crippen LogP contribution in [0, 0.1) is 0 Å². The van der Waals surface area contributed by atoms with Gasteiger partial charge in [0.25, 0.3) is 5.56 Å². The zero-order valence-electron chi connectivity index (χ0n) is 18.9. The van der Waals surface area contributed by atoms with Gasteiger partial charge in [-0.1, -0.05) is 22.9 Å². The third-order valence-corrected chi connectivity index (χ3v) is 7.25. The number of aromatic nitrogens is 4. The summed E-state index contributed by atoms with van der Waals surface area (Å²) in [6.07, 6.45) is 4.15. The fourth-order valence-electron chi connectivity index (χ4n) is 3.40. The second-order valence-corrected chi connectivity index (χ2v) is 11.3. The molecule has 0 radical (unpaired) electrons. The number of aryl methyl sites for hydroxylation is 1. The second-order valence-electron chi connectivity index (χ2n) is 7.81. The summed E-state index contributed by atoms with van der Waals surface area (Å²) in [5.74, 6) is 0.119. The highest BCUT2D eigenvalue weighted by Gasteiger charge is 2.14. The van der Waals surface area contributed by atoms with Crippen LogP contribution in [0.2, 0.25) is 4.34 Å². The number of primary sulfonamides is 1. The van der Waals surface area contributed by atoms with Gasteiger partial charge in [-0.25, -0.2) is 18.2 Å². The van der Waals surface area contributed by atoms with E-state index in [0.717, 1.165) is 0 Å². The SMILES string of the molecule is NS(=O)(=O)CCCOc1cc(-n2ccccc2=O)ccc1-n1cc(CCC(=O)c2ccc(Cl)s2)nn1. The Morgan fingerprint density at radius 2 is 2.00 bits per heavy atom. The molecule has 3 heterocycles. The normalized spacial score (nSPS) is 11.5. The lowest BCUT2D eigenvalue weighted by Crippen LogP contribution is -2.18. The summed E-state index contributed by atoms with van der Waals surface area (Å²) in [6, 6.07) is 13.3. The molecule has 0 fully saturated rings. The predicted octanol–water partition coefficient (Wildman–Crippen LogP) is 3.01. The summed E-state index contributed by atoms with van der Waals surface area (Å²) in [7, 11) is -3.61. The molecule has 0 bridgehead atoms. The molecule has 1 aromatic carbocycles. The standard InChI is InChI=1S/C23H22ClN5O5S2/c24-22-10-9-21(35-22)19(30)8-5-16-15-29(27-26-16)18-7-6-17(28-11-2-1-4-23(28)31)14-20(18)34-12-3-13-36(25,32)33/h1-2,4,6-7,9-11,14-15H,3,5,8,12-13H2,(H2,25,32,33). The highest BCUT2D eigenvalue weighted by Crippen LogP contribution is 2.26. The summed E-state index contributed by atoms with van der Waals surface area (Å²) in [5, 5.41) is 13.4. The Balaban J connectivity index is 1.55. The molecule has 0 spiro atoms. The van der Waals surface area contributed by atoms with Gasteiger partial charge in [0.15, 0.2) is 5.78 Å². The summed E-state index contributed by atoms with van der Waals surface area (Å²) in [6.45, 7) is 0.0794. The number of ether oxygens (including phenoxy) is 1. The quantitative estimate of drug-likeness (QED) is 0.225. The lowest BCUT2D eigenvalue weighted by Gasteiger charge is -2.14. The molecule has 0 amide bonds. The zero-order valence-corrected chi connectivity index (χ0v) is 21.3. The van der Waals surface area contributed by atoms with Crippen molar-refractivity contribution in [3.05, 3.63) is 86.2 Å². The molecule has 0 unspecified atom stereocenters. The average Bonchev–Trinajstić information content (AvgIpc) is 3.49. The largest absolute Gasteiger partial charge is 0.491 e. The Bertz CT molecular complexity index is 1540. The minimum absolute atomic E-state index is 0.0296. The first-order valence-corrected chi connectivity index (χ1v) is 13.8. The Labute approximate surface area is 215 Å². The summed E-state index contributed by atoms with van der Waals surface area (Å²) in [5.41, 5.74) is 1.49. The Hall–Kier alpha value is -3.32. The maximum Gasteiger partial charge on any atom is 0.255 e. The van der Waals surface area contributed by atoms with Crippen molar-refractivity contribution in [2.24, 2.45) is 5.14 Å². The van der Waals surface area contributed by atoms with Crippen molar-refractivity contribution in [3.8, 4) is 17.1 Å². The number of Topliss-reactive ketones (excluding diaryl/α,β-unsaturated/α-hetero) is 1. The highest BCUT2D eigenvalue weighted by atomic mass is 35.5. The van der Waals surface area contributed by atoms with Crippen molar-refractivity contribution < 1.29 is 17.9 Å². The van der Waals surface area contributed by atoms with Gasteiger partial charge in [-0.15, -0.1) is 16.4 Å². The average molecular weight is 548 g/mol. The van der Waals surface area contributed by atoms with Gasteiger partial charge in [0.1, 0.15) is 11.4 Å². The van der Waals surface area contributed by atoms with E-state index in [-0.39, 0.29) is 36.5 Å². The molecule has 4 rings (SSSR count). The molecule has 0 aliphatic rings. The monoisotopic (exact) mass is 547 g/mol.